The highest BCUT2D eigenvalue weighted by atomic mass is 32.2. The first-order valence-electron chi connectivity index (χ1n) is 7.19. The van der Waals surface area contributed by atoms with Crippen LogP contribution in [-0.2, 0) is 11.2 Å². The van der Waals surface area contributed by atoms with Crippen molar-refractivity contribution in [3.63, 3.8) is 0 Å². The monoisotopic (exact) mass is 275 g/mol. The van der Waals surface area contributed by atoms with Crippen molar-refractivity contribution in [2.45, 2.75) is 42.4 Å². The summed E-state index contributed by atoms with van der Waals surface area (Å²) in [4.78, 5) is 1.44. The Morgan fingerprint density at radius 1 is 1.42 bits per heavy atom. The van der Waals surface area contributed by atoms with Gasteiger partial charge in [0, 0.05) is 16.6 Å². The highest BCUT2D eigenvalue weighted by Crippen LogP contribution is 2.40. The lowest BCUT2D eigenvalue weighted by atomic mass is 10.0. The van der Waals surface area contributed by atoms with E-state index >= 15 is 0 Å². The van der Waals surface area contributed by atoms with Crippen molar-refractivity contribution in [2.24, 2.45) is 0 Å². The normalized spacial score (nSPS) is 22.8. The molecule has 2 heterocycles. The lowest BCUT2D eigenvalue weighted by Gasteiger charge is -2.25. The average molecular weight is 275 g/mol. The molecule has 3 rings (SSSR count). The molecule has 19 heavy (non-hydrogen) atoms. The third-order valence-electron chi connectivity index (χ3n) is 3.70. The molecule has 0 aromatic heterocycles. The van der Waals surface area contributed by atoms with Crippen molar-refractivity contribution in [2.75, 3.05) is 13.2 Å². The SMILES string of the molecule is CCCNC(C1=CCCO1)C1Cc2ccccc2S1. The number of nitrogens with one attached hydrogen (secondary N) is 1. The van der Waals surface area contributed by atoms with Gasteiger partial charge in [-0.1, -0.05) is 25.1 Å². The third-order valence-corrected chi connectivity index (χ3v) is 5.09. The second-order valence-electron chi connectivity index (χ2n) is 5.14. The van der Waals surface area contributed by atoms with Crippen LogP contribution in [0.3, 0.4) is 0 Å². The summed E-state index contributed by atoms with van der Waals surface area (Å²) in [7, 11) is 0. The first-order chi connectivity index (χ1) is 9.38. The lowest BCUT2D eigenvalue weighted by molar-refractivity contribution is 0.213. The van der Waals surface area contributed by atoms with Crippen LogP contribution < -0.4 is 5.32 Å². The van der Waals surface area contributed by atoms with Crippen LogP contribution in [-0.4, -0.2) is 24.4 Å². The molecule has 102 valence electrons. The molecule has 0 radical (unpaired) electrons. The molecule has 1 aromatic rings. The largest absolute Gasteiger partial charge is 0.496 e. The highest BCUT2D eigenvalue weighted by molar-refractivity contribution is 8.00. The fraction of sp³-hybridized carbons (Fsp3) is 0.500. The van der Waals surface area contributed by atoms with Crippen LogP contribution in [0.1, 0.15) is 25.3 Å². The second kappa shape index (κ2) is 6.02. The molecular weight excluding hydrogens is 254 g/mol. The Kier molecular flexibility index (Phi) is 4.14. The molecule has 2 aliphatic heterocycles. The Balaban J connectivity index is 1.74. The van der Waals surface area contributed by atoms with Gasteiger partial charge in [-0.25, -0.2) is 0 Å². The summed E-state index contributed by atoms with van der Waals surface area (Å²) in [5.74, 6) is 1.17. The summed E-state index contributed by atoms with van der Waals surface area (Å²) in [6, 6.07) is 9.12. The van der Waals surface area contributed by atoms with Crippen LogP contribution in [0.5, 0.6) is 0 Å². The van der Waals surface area contributed by atoms with E-state index in [-0.39, 0.29) is 0 Å². The van der Waals surface area contributed by atoms with Crippen LogP contribution in [0.25, 0.3) is 0 Å². The van der Waals surface area contributed by atoms with Crippen molar-refractivity contribution < 1.29 is 4.74 Å². The van der Waals surface area contributed by atoms with E-state index in [9.17, 15) is 0 Å². The number of hydrogen-bond donors (Lipinski definition) is 1. The minimum Gasteiger partial charge on any atom is -0.496 e. The third kappa shape index (κ3) is 2.82. The van der Waals surface area contributed by atoms with E-state index in [1.165, 1.54) is 16.2 Å². The van der Waals surface area contributed by atoms with Gasteiger partial charge in [0.1, 0.15) is 5.76 Å². The maximum Gasteiger partial charge on any atom is 0.110 e. The number of rotatable bonds is 5. The van der Waals surface area contributed by atoms with Gasteiger partial charge in [0.2, 0.25) is 0 Å². The van der Waals surface area contributed by atoms with Crippen molar-refractivity contribution in [3.8, 4) is 0 Å². The summed E-state index contributed by atoms with van der Waals surface area (Å²) >= 11 is 2.00. The quantitative estimate of drug-likeness (QED) is 0.890. The molecule has 0 spiro atoms. The molecule has 1 aromatic carbocycles. The number of hydrogen-bond acceptors (Lipinski definition) is 3. The lowest BCUT2D eigenvalue weighted by Crippen LogP contribution is -2.40. The molecule has 0 saturated carbocycles. The average Bonchev–Trinajstić information content (AvgIpc) is 3.08. The molecule has 0 saturated heterocycles. The van der Waals surface area contributed by atoms with E-state index in [4.69, 9.17) is 4.74 Å². The molecule has 0 aliphatic carbocycles. The number of fused-ring (bicyclic) bond motifs is 1. The predicted octanol–water partition coefficient (Wildman–Crippen LogP) is 3.38. The van der Waals surface area contributed by atoms with Gasteiger partial charge in [-0.15, -0.1) is 11.8 Å². The highest BCUT2D eigenvalue weighted by Gasteiger charge is 2.33. The van der Waals surface area contributed by atoms with E-state index in [0.29, 0.717) is 11.3 Å². The van der Waals surface area contributed by atoms with Gasteiger partial charge in [0.15, 0.2) is 0 Å². The van der Waals surface area contributed by atoms with Crippen LogP contribution in [0.4, 0.5) is 0 Å². The number of ether oxygens (including phenoxy) is 1. The summed E-state index contributed by atoms with van der Waals surface area (Å²) in [5, 5.41) is 4.24. The van der Waals surface area contributed by atoms with Gasteiger partial charge in [-0.3, -0.25) is 0 Å². The van der Waals surface area contributed by atoms with Gasteiger partial charge in [-0.05, 0) is 37.1 Å². The second-order valence-corrected chi connectivity index (χ2v) is 6.42. The first kappa shape index (κ1) is 13.1. The van der Waals surface area contributed by atoms with Crippen LogP contribution in [0.2, 0.25) is 0 Å². The Labute approximate surface area is 119 Å². The minimum absolute atomic E-state index is 0.361. The molecule has 0 fully saturated rings. The van der Waals surface area contributed by atoms with Gasteiger partial charge in [0.25, 0.3) is 0 Å². The zero-order chi connectivity index (χ0) is 13.1. The van der Waals surface area contributed by atoms with Crippen LogP contribution in [0, 0.1) is 0 Å². The minimum atomic E-state index is 0.361. The first-order valence-corrected chi connectivity index (χ1v) is 8.07. The van der Waals surface area contributed by atoms with E-state index in [1.807, 2.05) is 11.8 Å². The van der Waals surface area contributed by atoms with Gasteiger partial charge >= 0.3 is 0 Å². The summed E-state index contributed by atoms with van der Waals surface area (Å²) < 4.78 is 5.81. The zero-order valence-corrected chi connectivity index (χ0v) is 12.2. The van der Waals surface area contributed by atoms with Crippen molar-refractivity contribution in [1.82, 2.24) is 5.32 Å². The fourth-order valence-electron chi connectivity index (χ4n) is 2.76. The topological polar surface area (TPSA) is 21.3 Å². The van der Waals surface area contributed by atoms with E-state index in [1.54, 1.807) is 0 Å². The van der Waals surface area contributed by atoms with Gasteiger partial charge < -0.3 is 10.1 Å². The van der Waals surface area contributed by atoms with Gasteiger partial charge in [0.05, 0.1) is 12.6 Å². The Hall–Kier alpha value is -0.930. The van der Waals surface area contributed by atoms with Gasteiger partial charge in [-0.2, -0.15) is 0 Å². The fourth-order valence-corrected chi connectivity index (χ4v) is 4.18. The predicted molar refractivity (Wildman–Crippen MR) is 80.5 cm³/mol. The van der Waals surface area contributed by atoms with E-state index in [2.05, 4.69) is 42.6 Å². The smallest absolute Gasteiger partial charge is 0.110 e. The molecule has 2 aliphatic rings. The summed E-state index contributed by atoms with van der Waals surface area (Å²) in [6.45, 7) is 4.12. The summed E-state index contributed by atoms with van der Waals surface area (Å²) in [5.41, 5.74) is 1.49. The Morgan fingerprint density at radius 3 is 3.05 bits per heavy atom. The molecule has 3 heteroatoms. The van der Waals surface area contributed by atoms with Crippen LogP contribution >= 0.6 is 11.8 Å². The molecular formula is C16H21NOS. The summed E-state index contributed by atoms with van der Waals surface area (Å²) in [6.07, 6.45) is 5.62. The Morgan fingerprint density at radius 2 is 2.32 bits per heavy atom. The molecule has 1 N–H and O–H groups in total. The Bertz CT molecular complexity index is 447. The maximum absolute atomic E-state index is 5.81. The molecule has 0 amide bonds. The van der Waals surface area contributed by atoms with E-state index < -0.39 is 0 Å². The number of benzene rings is 1. The van der Waals surface area contributed by atoms with Crippen molar-refractivity contribution in [3.05, 3.63) is 41.7 Å². The van der Waals surface area contributed by atoms with Crippen LogP contribution in [0.15, 0.2) is 41.0 Å². The molecule has 0 bridgehead atoms. The van der Waals surface area contributed by atoms with Crippen molar-refractivity contribution >= 4 is 11.8 Å². The van der Waals surface area contributed by atoms with Crippen molar-refractivity contribution in [1.29, 1.82) is 0 Å². The molecule has 2 atom stereocenters. The zero-order valence-electron chi connectivity index (χ0n) is 11.4. The number of thioether (sulfide) groups is 1. The molecule has 2 unspecified atom stereocenters. The molecule has 2 nitrogen and oxygen atoms in total. The maximum atomic E-state index is 5.81. The standard InChI is InChI=1S/C16H21NOS/c1-2-9-17-16(13-7-5-10-18-13)15-11-12-6-3-4-8-14(12)19-15/h3-4,6-8,15-17H,2,5,9-11H2,1H3. The van der Waals surface area contributed by atoms with E-state index in [0.717, 1.165) is 32.4 Å².